The van der Waals surface area contributed by atoms with Crippen LogP contribution in [0.15, 0.2) is 34.9 Å². The minimum absolute atomic E-state index is 0.169. The van der Waals surface area contributed by atoms with Gasteiger partial charge in [0.05, 0.1) is 11.8 Å². The maximum Gasteiger partial charge on any atom is 0.137 e. The van der Waals surface area contributed by atoms with Crippen molar-refractivity contribution in [3.8, 4) is 5.75 Å². The molecule has 1 N–H and O–H groups in total. The fraction of sp³-hybridized carbons (Fsp3) is 0.609. The van der Waals surface area contributed by atoms with E-state index in [9.17, 15) is 5.11 Å². The third-order valence-corrected chi connectivity index (χ3v) is 6.25. The average molecular weight is 415 g/mol. The standard InChI is InChI=1S/C23H34N4O3/c1-18-13-21(30-24-18)14-20-16-27(17-22(20)28)15-19-5-3-4-6-23(19)29-12-11-26-9-7-25(2)8-10-26/h3-6,13,20,22,28H,7-12,14-17H2,1-2H3. The van der Waals surface area contributed by atoms with Gasteiger partial charge in [0, 0.05) is 76.3 Å². The van der Waals surface area contributed by atoms with E-state index in [1.165, 1.54) is 5.56 Å². The predicted molar refractivity (Wildman–Crippen MR) is 116 cm³/mol. The van der Waals surface area contributed by atoms with Gasteiger partial charge in [-0.15, -0.1) is 0 Å². The summed E-state index contributed by atoms with van der Waals surface area (Å²) in [7, 11) is 2.18. The molecular weight excluding hydrogens is 380 g/mol. The van der Waals surface area contributed by atoms with Gasteiger partial charge >= 0.3 is 0 Å². The summed E-state index contributed by atoms with van der Waals surface area (Å²) in [6, 6.07) is 10.2. The van der Waals surface area contributed by atoms with E-state index in [-0.39, 0.29) is 12.0 Å². The van der Waals surface area contributed by atoms with Crippen LogP contribution < -0.4 is 4.74 Å². The zero-order chi connectivity index (χ0) is 20.9. The summed E-state index contributed by atoms with van der Waals surface area (Å²) in [6.07, 6.45) is 0.377. The van der Waals surface area contributed by atoms with Crippen LogP contribution in [-0.2, 0) is 13.0 Å². The third-order valence-electron chi connectivity index (χ3n) is 6.25. The Hall–Kier alpha value is -1.93. The zero-order valence-electron chi connectivity index (χ0n) is 18.2. The first-order valence-electron chi connectivity index (χ1n) is 11.0. The van der Waals surface area contributed by atoms with Crippen LogP contribution in [-0.4, -0.2) is 90.5 Å². The molecule has 0 bridgehead atoms. The van der Waals surface area contributed by atoms with E-state index in [0.717, 1.165) is 69.4 Å². The lowest BCUT2D eigenvalue weighted by Crippen LogP contribution is -2.45. The minimum atomic E-state index is -0.347. The molecule has 0 amide bonds. The van der Waals surface area contributed by atoms with Crippen molar-refractivity contribution in [2.45, 2.75) is 26.0 Å². The highest BCUT2D eigenvalue weighted by molar-refractivity contribution is 5.33. The lowest BCUT2D eigenvalue weighted by Gasteiger charge is -2.32. The Morgan fingerprint density at radius 2 is 1.93 bits per heavy atom. The summed E-state index contributed by atoms with van der Waals surface area (Å²) in [5, 5.41) is 14.5. The van der Waals surface area contributed by atoms with E-state index >= 15 is 0 Å². The zero-order valence-corrected chi connectivity index (χ0v) is 18.2. The second-order valence-corrected chi connectivity index (χ2v) is 8.76. The van der Waals surface area contributed by atoms with E-state index in [2.05, 4.69) is 45.1 Å². The molecule has 2 aliphatic heterocycles. The second-order valence-electron chi connectivity index (χ2n) is 8.76. The van der Waals surface area contributed by atoms with Crippen molar-refractivity contribution in [2.75, 3.05) is 59.5 Å². The van der Waals surface area contributed by atoms with Crippen molar-refractivity contribution in [2.24, 2.45) is 5.92 Å². The molecule has 7 nitrogen and oxygen atoms in total. The number of nitrogens with zero attached hydrogens (tertiary/aromatic N) is 4. The van der Waals surface area contributed by atoms with E-state index < -0.39 is 0 Å². The van der Waals surface area contributed by atoms with Crippen LogP contribution in [0.1, 0.15) is 17.0 Å². The van der Waals surface area contributed by atoms with Gasteiger partial charge in [-0.1, -0.05) is 23.4 Å². The highest BCUT2D eigenvalue weighted by atomic mass is 16.5. The third kappa shape index (κ3) is 5.60. The van der Waals surface area contributed by atoms with Crippen LogP contribution in [0.25, 0.3) is 0 Å². The average Bonchev–Trinajstić information content (AvgIpc) is 3.30. The SMILES string of the molecule is Cc1cc(CC2CN(Cc3ccccc3OCCN3CCN(C)CC3)CC2O)on1. The van der Waals surface area contributed by atoms with Gasteiger partial charge in [0.2, 0.25) is 0 Å². The largest absolute Gasteiger partial charge is 0.492 e. The molecule has 2 atom stereocenters. The normalized spacial score (nSPS) is 23.8. The van der Waals surface area contributed by atoms with Crippen LogP contribution in [0.5, 0.6) is 5.75 Å². The molecule has 2 saturated heterocycles. The van der Waals surface area contributed by atoms with E-state index in [1.54, 1.807) is 0 Å². The number of likely N-dealkylation sites (tertiary alicyclic amines) is 1. The number of benzene rings is 1. The topological polar surface area (TPSA) is 65.2 Å². The molecule has 0 aliphatic carbocycles. The number of aliphatic hydroxyl groups is 1. The number of aryl methyl sites for hydroxylation is 1. The highest BCUT2D eigenvalue weighted by Crippen LogP contribution is 2.26. The van der Waals surface area contributed by atoms with Crippen molar-refractivity contribution in [1.82, 2.24) is 19.9 Å². The molecule has 2 fully saturated rings. The maximum absolute atomic E-state index is 10.5. The molecule has 4 rings (SSSR count). The van der Waals surface area contributed by atoms with Crippen molar-refractivity contribution >= 4 is 0 Å². The Morgan fingerprint density at radius 3 is 2.70 bits per heavy atom. The summed E-state index contributed by atoms with van der Waals surface area (Å²) < 4.78 is 11.5. The predicted octanol–water partition coefficient (Wildman–Crippen LogP) is 1.64. The summed E-state index contributed by atoms with van der Waals surface area (Å²) in [6.45, 7) is 10.4. The Bertz CT molecular complexity index is 803. The summed E-state index contributed by atoms with van der Waals surface area (Å²) in [5.74, 6) is 1.98. The van der Waals surface area contributed by atoms with Crippen molar-refractivity contribution in [1.29, 1.82) is 0 Å². The van der Waals surface area contributed by atoms with Gasteiger partial charge in [0.25, 0.3) is 0 Å². The van der Waals surface area contributed by atoms with E-state index in [4.69, 9.17) is 9.26 Å². The lowest BCUT2D eigenvalue weighted by molar-refractivity contribution is 0.132. The molecule has 164 valence electrons. The number of hydrogen-bond acceptors (Lipinski definition) is 7. The van der Waals surface area contributed by atoms with Gasteiger partial charge in [-0.25, -0.2) is 0 Å². The Balaban J connectivity index is 1.28. The number of aliphatic hydroxyl groups excluding tert-OH is 1. The van der Waals surface area contributed by atoms with Crippen LogP contribution in [0.2, 0.25) is 0 Å². The van der Waals surface area contributed by atoms with Gasteiger partial charge in [0.15, 0.2) is 0 Å². The van der Waals surface area contributed by atoms with Gasteiger partial charge in [-0.05, 0) is 20.0 Å². The first kappa shape index (κ1) is 21.3. The first-order valence-corrected chi connectivity index (χ1v) is 11.0. The second kappa shape index (κ2) is 9.92. The fourth-order valence-electron chi connectivity index (χ4n) is 4.41. The number of β-amino-alcohol motifs (C(OH)–C–C–N with tert-alkyl or cyclic N) is 1. The first-order chi connectivity index (χ1) is 14.6. The van der Waals surface area contributed by atoms with Crippen LogP contribution in [0.4, 0.5) is 0 Å². The number of aromatic nitrogens is 1. The lowest BCUT2D eigenvalue weighted by atomic mass is 10.0. The van der Waals surface area contributed by atoms with Crippen molar-refractivity contribution in [3.63, 3.8) is 0 Å². The quantitative estimate of drug-likeness (QED) is 0.705. The number of likely N-dealkylation sites (N-methyl/N-ethyl adjacent to an activating group) is 1. The van der Waals surface area contributed by atoms with E-state index in [1.807, 2.05) is 19.1 Å². The summed E-state index contributed by atoms with van der Waals surface area (Å²) in [4.78, 5) is 7.14. The molecule has 1 aromatic carbocycles. The van der Waals surface area contributed by atoms with Crippen molar-refractivity contribution < 1.29 is 14.4 Å². The van der Waals surface area contributed by atoms with Crippen LogP contribution in [0, 0.1) is 12.8 Å². The molecule has 3 heterocycles. The monoisotopic (exact) mass is 414 g/mol. The summed E-state index contributed by atoms with van der Waals surface area (Å²) >= 11 is 0. The fourth-order valence-corrected chi connectivity index (χ4v) is 4.41. The molecule has 0 spiro atoms. The smallest absolute Gasteiger partial charge is 0.137 e. The molecule has 7 heteroatoms. The Morgan fingerprint density at radius 1 is 1.13 bits per heavy atom. The van der Waals surface area contributed by atoms with Gasteiger partial charge in [0.1, 0.15) is 18.1 Å². The molecule has 0 saturated carbocycles. The van der Waals surface area contributed by atoms with E-state index in [0.29, 0.717) is 13.2 Å². The van der Waals surface area contributed by atoms with Gasteiger partial charge < -0.3 is 19.3 Å². The van der Waals surface area contributed by atoms with Gasteiger partial charge in [-0.2, -0.15) is 0 Å². The molecule has 2 aromatic rings. The number of piperazine rings is 1. The molecular formula is C23H34N4O3. The Labute approximate surface area is 179 Å². The van der Waals surface area contributed by atoms with Crippen LogP contribution >= 0.6 is 0 Å². The minimum Gasteiger partial charge on any atom is -0.492 e. The molecule has 0 radical (unpaired) electrons. The van der Waals surface area contributed by atoms with Crippen LogP contribution in [0.3, 0.4) is 0 Å². The highest BCUT2D eigenvalue weighted by Gasteiger charge is 2.32. The van der Waals surface area contributed by atoms with Gasteiger partial charge in [-0.3, -0.25) is 9.80 Å². The number of hydrogen-bond donors (Lipinski definition) is 1. The number of ether oxygens (including phenoxy) is 1. The Kier molecular flexibility index (Phi) is 7.04. The van der Waals surface area contributed by atoms with Crippen molar-refractivity contribution in [3.05, 3.63) is 47.3 Å². The number of rotatable bonds is 8. The molecule has 2 unspecified atom stereocenters. The molecule has 2 aliphatic rings. The number of para-hydroxylation sites is 1. The summed E-state index contributed by atoms with van der Waals surface area (Å²) in [5.41, 5.74) is 2.07. The molecule has 30 heavy (non-hydrogen) atoms. The maximum atomic E-state index is 10.5. The molecule has 1 aromatic heterocycles.